The molecule has 0 radical (unpaired) electrons. The van der Waals surface area contributed by atoms with Crippen LogP contribution in [0.25, 0.3) is 11.4 Å². The summed E-state index contributed by atoms with van der Waals surface area (Å²) in [5.74, 6) is -0.204. The zero-order valence-corrected chi connectivity index (χ0v) is 16.0. The van der Waals surface area contributed by atoms with Crippen LogP contribution in [0, 0.1) is 6.92 Å². The Morgan fingerprint density at radius 2 is 2.00 bits per heavy atom. The lowest BCUT2D eigenvalue weighted by Gasteiger charge is -2.17. The van der Waals surface area contributed by atoms with Crippen LogP contribution in [0.15, 0.2) is 47.0 Å². The first kappa shape index (κ1) is 19.4. The number of benzene rings is 2. The van der Waals surface area contributed by atoms with Crippen molar-refractivity contribution >= 4 is 23.2 Å². The summed E-state index contributed by atoms with van der Waals surface area (Å²) in [6.07, 6.45) is -4.30. The van der Waals surface area contributed by atoms with Crippen molar-refractivity contribution in [3.05, 3.63) is 64.5 Å². The Labute approximate surface area is 169 Å². The summed E-state index contributed by atoms with van der Waals surface area (Å²) in [6, 6.07) is 10.1. The van der Waals surface area contributed by atoms with Gasteiger partial charge in [-0.05, 0) is 36.8 Å². The number of alkyl halides is 3. The Balaban J connectivity index is 1.56. The maximum Gasteiger partial charge on any atom is 0.416 e. The third-order valence-electron chi connectivity index (χ3n) is 4.83. The molecular formula is C20H15ClF3N3O2. The van der Waals surface area contributed by atoms with Crippen LogP contribution in [0.2, 0.25) is 5.02 Å². The summed E-state index contributed by atoms with van der Waals surface area (Å²) >= 11 is 6.15. The molecule has 1 fully saturated rings. The standard InChI is InChI=1S/C20H15ClF3N3O2/c1-11-5-6-15(9-16(11)21)27-10-13(8-17(27)28)19-25-18(26-29-19)12-3-2-4-14(7-12)20(22,23)24/h2-7,9,13H,8,10H2,1H3. The predicted octanol–water partition coefficient (Wildman–Crippen LogP) is 5.24. The van der Waals surface area contributed by atoms with Crippen molar-refractivity contribution in [2.24, 2.45) is 0 Å². The highest BCUT2D eigenvalue weighted by atomic mass is 35.5. The Kier molecular flexibility index (Phi) is 4.82. The summed E-state index contributed by atoms with van der Waals surface area (Å²) in [5.41, 5.74) is 0.980. The van der Waals surface area contributed by atoms with Crippen LogP contribution in [0.5, 0.6) is 0 Å². The molecule has 5 nitrogen and oxygen atoms in total. The van der Waals surface area contributed by atoms with E-state index in [1.807, 2.05) is 19.1 Å². The van der Waals surface area contributed by atoms with Gasteiger partial charge in [0.15, 0.2) is 0 Å². The lowest BCUT2D eigenvalue weighted by Crippen LogP contribution is -2.24. The Hall–Kier alpha value is -2.87. The molecule has 1 aliphatic heterocycles. The van der Waals surface area contributed by atoms with Crippen LogP contribution in [0.4, 0.5) is 18.9 Å². The quantitative estimate of drug-likeness (QED) is 0.580. The second kappa shape index (κ2) is 7.18. The van der Waals surface area contributed by atoms with E-state index in [2.05, 4.69) is 10.1 Å². The normalized spacial score (nSPS) is 17.2. The number of hydrogen-bond donors (Lipinski definition) is 0. The first-order valence-corrected chi connectivity index (χ1v) is 9.18. The maximum atomic E-state index is 12.9. The first-order valence-electron chi connectivity index (χ1n) is 8.80. The van der Waals surface area contributed by atoms with Crippen molar-refractivity contribution in [3.8, 4) is 11.4 Å². The third kappa shape index (κ3) is 3.85. The van der Waals surface area contributed by atoms with Crippen LogP contribution in [-0.2, 0) is 11.0 Å². The molecule has 1 amide bonds. The van der Waals surface area contributed by atoms with Gasteiger partial charge in [0.05, 0.1) is 11.5 Å². The van der Waals surface area contributed by atoms with E-state index in [1.165, 1.54) is 12.1 Å². The molecule has 4 rings (SSSR count). The third-order valence-corrected chi connectivity index (χ3v) is 5.24. The van der Waals surface area contributed by atoms with E-state index in [-0.39, 0.29) is 35.5 Å². The fourth-order valence-corrected chi connectivity index (χ4v) is 3.40. The molecule has 1 aromatic heterocycles. The van der Waals surface area contributed by atoms with Crippen LogP contribution < -0.4 is 4.90 Å². The van der Waals surface area contributed by atoms with E-state index in [0.29, 0.717) is 17.3 Å². The fourth-order valence-electron chi connectivity index (χ4n) is 3.23. The number of aromatic nitrogens is 2. The van der Waals surface area contributed by atoms with Crippen molar-refractivity contribution in [3.63, 3.8) is 0 Å². The minimum absolute atomic E-state index is 0.0513. The molecule has 2 aromatic carbocycles. The Morgan fingerprint density at radius 3 is 2.72 bits per heavy atom. The molecular weight excluding hydrogens is 407 g/mol. The molecule has 1 atom stereocenters. The van der Waals surface area contributed by atoms with Gasteiger partial charge in [-0.1, -0.05) is 35.0 Å². The number of hydrogen-bond acceptors (Lipinski definition) is 4. The highest BCUT2D eigenvalue weighted by molar-refractivity contribution is 6.31. The molecule has 0 bridgehead atoms. The van der Waals surface area contributed by atoms with Crippen molar-refractivity contribution < 1.29 is 22.5 Å². The number of halogens is 4. The van der Waals surface area contributed by atoms with Crippen LogP contribution >= 0.6 is 11.6 Å². The minimum atomic E-state index is -4.46. The van der Waals surface area contributed by atoms with Crippen molar-refractivity contribution in [2.45, 2.75) is 25.4 Å². The van der Waals surface area contributed by atoms with E-state index < -0.39 is 11.7 Å². The number of nitrogens with zero attached hydrogens (tertiary/aromatic N) is 3. The molecule has 1 unspecified atom stereocenters. The monoisotopic (exact) mass is 421 g/mol. The molecule has 3 aromatic rings. The summed E-state index contributed by atoms with van der Waals surface area (Å²) in [4.78, 5) is 18.3. The van der Waals surface area contributed by atoms with Gasteiger partial charge in [-0.15, -0.1) is 0 Å². The van der Waals surface area contributed by atoms with Crippen LogP contribution in [0.1, 0.15) is 29.4 Å². The van der Waals surface area contributed by atoms with Gasteiger partial charge in [-0.3, -0.25) is 4.79 Å². The second-order valence-electron chi connectivity index (χ2n) is 6.87. The van der Waals surface area contributed by atoms with Crippen molar-refractivity contribution in [1.29, 1.82) is 0 Å². The number of carbonyl (C=O) groups excluding carboxylic acids is 1. The fraction of sp³-hybridized carbons (Fsp3) is 0.250. The SMILES string of the molecule is Cc1ccc(N2CC(c3nc(-c4cccc(C(F)(F)F)c4)no3)CC2=O)cc1Cl. The number of rotatable bonds is 3. The van der Waals surface area contributed by atoms with E-state index >= 15 is 0 Å². The smallest absolute Gasteiger partial charge is 0.339 e. The zero-order valence-electron chi connectivity index (χ0n) is 15.2. The number of carbonyl (C=O) groups is 1. The number of anilines is 1. The summed E-state index contributed by atoms with van der Waals surface area (Å²) in [5, 5.41) is 4.36. The van der Waals surface area contributed by atoms with Gasteiger partial charge in [-0.25, -0.2) is 0 Å². The van der Waals surface area contributed by atoms with Gasteiger partial charge in [0.1, 0.15) is 0 Å². The molecule has 2 heterocycles. The van der Waals surface area contributed by atoms with Gasteiger partial charge < -0.3 is 9.42 Å². The lowest BCUT2D eigenvalue weighted by atomic mass is 10.1. The molecule has 0 N–H and O–H groups in total. The molecule has 0 spiro atoms. The minimum Gasteiger partial charge on any atom is -0.339 e. The van der Waals surface area contributed by atoms with Gasteiger partial charge in [0.2, 0.25) is 17.6 Å². The molecule has 1 saturated heterocycles. The maximum absolute atomic E-state index is 12.9. The van der Waals surface area contributed by atoms with Crippen LogP contribution in [-0.4, -0.2) is 22.6 Å². The molecule has 29 heavy (non-hydrogen) atoms. The van der Waals surface area contributed by atoms with Crippen molar-refractivity contribution in [2.75, 3.05) is 11.4 Å². The summed E-state index contributed by atoms with van der Waals surface area (Å²) in [7, 11) is 0. The summed E-state index contributed by atoms with van der Waals surface area (Å²) in [6.45, 7) is 2.19. The number of aryl methyl sites for hydroxylation is 1. The lowest BCUT2D eigenvalue weighted by molar-refractivity contribution is -0.137. The molecule has 9 heteroatoms. The zero-order chi connectivity index (χ0) is 20.8. The van der Waals surface area contributed by atoms with E-state index in [0.717, 1.165) is 17.7 Å². The van der Waals surface area contributed by atoms with E-state index in [4.69, 9.17) is 16.1 Å². The Bertz CT molecular complexity index is 1080. The Morgan fingerprint density at radius 1 is 1.21 bits per heavy atom. The average Bonchev–Trinajstić information content (AvgIpc) is 3.30. The second-order valence-corrected chi connectivity index (χ2v) is 7.28. The molecule has 0 aliphatic carbocycles. The summed E-state index contributed by atoms with van der Waals surface area (Å²) < 4.78 is 44.0. The van der Waals surface area contributed by atoms with Gasteiger partial charge in [-0.2, -0.15) is 18.2 Å². The molecule has 150 valence electrons. The van der Waals surface area contributed by atoms with Crippen molar-refractivity contribution in [1.82, 2.24) is 10.1 Å². The average molecular weight is 422 g/mol. The highest BCUT2D eigenvalue weighted by Gasteiger charge is 2.36. The van der Waals surface area contributed by atoms with Gasteiger partial charge in [0, 0.05) is 29.2 Å². The predicted molar refractivity (Wildman–Crippen MR) is 101 cm³/mol. The molecule has 1 aliphatic rings. The van der Waals surface area contributed by atoms with Crippen LogP contribution in [0.3, 0.4) is 0 Å². The van der Waals surface area contributed by atoms with Gasteiger partial charge >= 0.3 is 6.18 Å². The first-order chi connectivity index (χ1) is 13.7. The topological polar surface area (TPSA) is 59.2 Å². The van der Waals surface area contributed by atoms with Gasteiger partial charge in [0.25, 0.3) is 0 Å². The van der Waals surface area contributed by atoms with E-state index in [1.54, 1.807) is 11.0 Å². The van der Waals surface area contributed by atoms with E-state index in [9.17, 15) is 18.0 Å². The largest absolute Gasteiger partial charge is 0.416 e. The molecule has 0 saturated carbocycles. The number of amides is 1. The highest BCUT2D eigenvalue weighted by Crippen LogP contribution is 2.35.